The molecule has 1 aromatic heterocycles. The lowest BCUT2D eigenvalue weighted by atomic mass is 10.2. The van der Waals surface area contributed by atoms with E-state index in [1.54, 1.807) is 12.5 Å². The molecule has 0 aromatic carbocycles. The Bertz CT molecular complexity index is 245. The van der Waals surface area contributed by atoms with Gasteiger partial charge in [0.2, 0.25) is 0 Å². The molecule has 0 radical (unpaired) electrons. The van der Waals surface area contributed by atoms with Gasteiger partial charge in [-0.15, -0.1) is 12.3 Å². The van der Waals surface area contributed by atoms with Crippen LogP contribution in [0.1, 0.15) is 19.0 Å². The summed E-state index contributed by atoms with van der Waals surface area (Å²) in [7, 11) is 0. The summed E-state index contributed by atoms with van der Waals surface area (Å²) in [5, 5.41) is 3.27. The van der Waals surface area contributed by atoms with Crippen molar-refractivity contribution in [1.82, 2.24) is 15.3 Å². The summed E-state index contributed by atoms with van der Waals surface area (Å²) in [4.78, 5) is 6.92. The minimum absolute atomic E-state index is 0.360. The Morgan fingerprint density at radius 2 is 2.67 bits per heavy atom. The number of nitrogens with zero attached hydrogens (tertiary/aromatic N) is 1. The number of H-pyrrole nitrogens is 1. The van der Waals surface area contributed by atoms with Crippen LogP contribution < -0.4 is 5.32 Å². The molecule has 1 unspecified atom stereocenters. The van der Waals surface area contributed by atoms with Crippen LogP contribution >= 0.6 is 0 Å². The maximum absolute atomic E-state index is 5.17. The number of hydrogen-bond donors (Lipinski definition) is 2. The number of hydrogen-bond acceptors (Lipinski definition) is 2. The first-order chi connectivity index (χ1) is 5.83. The van der Waals surface area contributed by atoms with Gasteiger partial charge < -0.3 is 10.3 Å². The first-order valence-electron chi connectivity index (χ1n) is 3.97. The topological polar surface area (TPSA) is 40.7 Å². The first kappa shape index (κ1) is 8.82. The zero-order valence-electron chi connectivity index (χ0n) is 7.17. The molecule has 1 atom stereocenters. The Balaban J connectivity index is 2.23. The van der Waals surface area contributed by atoms with E-state index in [-0.39, 0.29) is 0 Å². The minimum Gasteiger partial charge on any atom is -0.347 e. The van der Waals surface area contributed by atoms with Gasteiger partial charge in [0.1, 0.15) is 0 Å². The van der Waals surface area contributed by atoms with Crippen molar-refractivity contribution in [2.75, 3.05) is 0 Å². The average Bonchev–Trinajstić information content (AvgIpc) is 2.53. The highest BCUT2D eigenvalue weighted by atomic mass is 14.9. The van der Waals surface area contributed by atoms with Crippen molar-refractivity contribution in [3.8, 4) is 12.3 Å². The molecule has 0 fully saturated rings. The Morgan fingerprint density at radius 3 is 3.25 bits per heavy atom. The molecule has 0 aliphatic heterocycles. The monoisotopic (exact) mass is 163 g/mol. The maximum atomic E-state index is 5.17. The highest BCUT2D eigenvalue weighted by Crippen LogP contribution is 1.93. The van der Waals surface area contributed by atoms with Gasteiger partial charge in [0.25, 0.3) is 0 Å². The predicted octanol–water partition coefficient (Wildman–Crippen LogP) is 0.911. The van der Waals surface area contributed by atoms with Crippen LogP contribution in [-0.4, -0.2) is 16.0 Å². The molecule has 0 bridgehead atoms. The summed E-state index contributed by atoms with van der Waals surface area (Å²) >= 11 is 0. The van der Waals surface area contributed by atoms with Crippen molar-refractivity contribution < 1.29 is 0 Å². The van der Waals surface area contributed by atoms with E-state index in [0.29, 0.717) is 6.04 Å². The van der Waals surface area contributed by atoms with Crippen LogP contribution in [0.15, 0.2) is 12.5 Å². The number of aromatic amines is 1. The molecule has 1 heterocycles. The lowest BCUT2D eigenvalue weighted by Crippen LogP contribution is -2.24. The van der Waals surface area contributed by atoms with Gasteiger partial charge in [-0.3, -0.25) is 0 Å². The van der Waals surface area contributed by atoms with Gasteiger partial charge in [0.15, 0.2) is 0 Å². The van der Waals surface area contributed by atoms with Crippen molar-refractivity contribution in [3.63, 3.8) is 0 Å². The van der Waals surface area contributed by atoms with Gasteiger partial charge in [0, 0.05) is 30.9 Å². The highest BCUT2D eigenvalue weighted by Gasteiger charge is 1.98. The molecule has 0 aliphatic rings. The van der Waals surface area contributed by atoms with Gasteiger partial charge in [-0.05, 0) is 6.92 Å². The zero-order chi connectivity index (χ0) is 8.81. The van der Waals surface area contributed by atoms with Crippen molar-refractivity contribution in [2.24, 2.45) is 0 Å². The van der Waals surface area contributed by atoms with Gasteiger partial charge in [-0.25, -0.2) is 4.98 Å². The lowest BCUT2D eigenvalue weighted by Gasteiger charge is -2.08. The molecule has 12 heavy (non-hydrogen) atoms. The molecule has 1 aromatic rings. The van der Waals surface area contributed by atoms with Crippen LogP contribution in [0.4, 0.5) is 0 Å². The van der Waals surface area contributed by atoms with Crippen LogP contribution in [0.25, 0.3) is 0 Å². The van der Waals surface area contributed by atoms with E-state index < -0.39 is 0 Å². The number of imidazole rings is 1. The summed E-state index contributed by atoms with van der Waals surface area (Å²) in [6.07, 6.45) is 9.40. The Labute approximate surface area is 72.6 Å². The van der Waals surface area contributed by atoms with Crippen LogP contribution in [-0.2, 0) is 6.54 Å². The Morgan fingerprint density at radius 1 is 1.83 bits per heavy atom. The normalized spacial score (nSPS) is 12.3. The second-order valence-corrected chi connectivity index (χ2v) is 2.77. The van der Waals surface area contributed by atoms with Gasteiger partial charge in [0.05, 0.1) is 6.33 Å². The Kier molecular flexibility index (Phi) is 3.36. The summed E-state index contributed by atoms with van der Waals surface area (Å²) in [5.74, 6) is 2.61. The smallest absolute Gasteiger partial charge is 0.0922 e. The molecular formula is C9H13N3. The second-order valence-electron chi connectivity index (χ2n) is 2.77. The fourth-order valence-corrected chi connectivity index (χ4v) is 0.914. The first-order valence-corrected chi connectivity index (χ1v) is 3.97. The van der Waals surface area contributed by atoms with Crippen LogP contribution in [0.3, 0.4) is 0 Å². The van der Waals surface area contributed by atoms with E-state index in [9.17, 15) is 0 Å². The van der Waals surface area contributed by atoms with Crippen molar-refractivity contribution >= 4 is 0 Å². The standard InChI is InChI=1S/C9H13N3/c1-3-4-8(2)11-6-9-5-10-7-12-9/h1,5,7-8,11H,4,6H2,2H3,(H,10,12). The third-order valence-electron chi connectivity index (χ3n) is 1.62. The largest absolute Gasteiger partial charge is 0.347 e. The quantitative estimate of drug-likeness (QED) is 0.648. The highest BCUT2D eigenvalue weighted by molar-refractivity contribution is 4.95. The average molecular weight is 163 g/mol. The van der Waals surface area contributed by atoms with Crippen LogP contribution in [0.5, 0.6) is 0 Å². The third-order valence-corrected chi connectivity index (χ3v) is 1.62. The lowest BCUT2D eigenvalue weighted by molar-refractivity contribution is 0.554. The summed E-state index contributed by atoms with van der Waals surface area (Å²) < 4.78 is 0. The van der Waals surface area contributed by atoms with Gasteiger partial charge in [-0.1, -0.05) is 0 Å². The molecule has 3 heteroatoms. The molecule has 0 amide bonds. The molecule has 2 N–H and O–H groups in total. The zero-order valence-corrected chi connectivity index (χ0v) is 7.17. The minimum atomic E-state index is 0.360. The van der Waals surface area contributed by atoms with Gasteiger partial charge >= 0.3 is 0 Å². The molecule has 1 rings (SSSR count). The van der Waals surface area contributed by atoms with E-state index in [1.165, 1.54) is 0 Å². The van der Waals surface area contributed by atoms with E-state index in [2.05, 4.69) is 28.1 Å². The number of rotatable bonds is 4. The third kappa shape index (κ3) is 2.77. The maximum Gasteiger partial charge on any atom is 0.0922 e. The fraction of sp³-hybridized carbons (Fsp3) is 0.444. The summed E-state index contributed by atoms with van der Waals surface area (Å²) in [6.45, 7) is 2.86. The molecule has 0 aliphatic carbocycles. The van der Waals surface area contributed by atoms with E-state index in [0.717, 1.165) is 18.7 Å². The van der Waals surface area contributed by atoms with Gasteiger partial charge in [-0.2, -0.15) is 0 Å². The molecule has 3 nitrogen and oxygen atoms in total. The summed E-state index contributed by atoms with van der Waals surface area (Å²) in [6, 6.07) is 0.360. The molecule has 0 saturated carbocycles. The van der Waals surface area contributed by atoms with E-state index in [4.69, 9.17) is 6.42 Å². The number of aromatic nitrogens is 2. The van der Waals surface area contributed by atoms with Crippen molar-refractivity contribution in [1.29, 1.82) is 0 Å². The predicted molar refractivity (Wildman–Crippen MR) is 48.3 cm³/mol. The Hall–Kier alpha value is -1.27. The number of terminal acetylenes is 1. The fourth-order valence-electron chi connectivity index (χ4n) is 0.914. The van der Waals surface area contributed by atoms with Crippen LogP contribution in [0, 0.1) is 12.3 Å². The van der Waals surface area contributed by atoms with Crippen molar-refractivity contribution in [2.45, 2.75) is 25.9 Å². The van der Waals surface area contributed by atoms with E-state index in [1.807, 2.05) is 0 Å². The number of nitrogens with one attached hydrogen (secondary N) is 2. The molecular weight excluding hydrogens is 150 g/mol. The second kappa shape index (κ2) is 4.58. The molecule has 0 spiro atoms. The SMILES string of the molecule is C#CCC(C)NCc1cnc[nH]1. The van der Waals surface area contributed by atoms with E-state index >= 15 is 0 Å². The van der Waals surface area contributed by atoms with Crippen LogP contribution in [0.2, 0.25) is 0 Å². The molecule has 64 valence electrons. The summed E-state index contributed by atoms with van der Waals surface area (Å²) in [5.41, 5.74) is 1.08. The van der Waals surface area contributed by atoms with Crippen molar-refractivity contribution in [3.05, 3.63) is 18.2 Å². The molecule has 0 saturated heterocycles.